The van der Waals surface area contributed by atoms with E-state index in [1.165, 1.54) is 32.4 Å². The summed E-state index contributed by atoms with van der Waals surface area (Å²) in [5.74, 6) is 0.880. The molecule has 0 radical (unpaired) electrons. The number of nitrogens with one attached hydrogen (secondary N) is 2. The molecule has 138 valence electrons. The molecule has 25 heavy (non-hydrogen) atoms. The van der Waals surface area contributed by atoms with E-state index in [0.717, 1.165) is 42.2 Å². The third kappa shape index (κ3) is 5.19. The number of imidazole rings is 1. The molecule has 2 aromatic rings. The van der Waals surface area contributed by atoms with Crippen LogP contribution in [-0.4, -0.2) is 52.5 Å². The van der Waals surface area contributed by atoms with E-state index in [2.05, 4.69) is 50.0 Å². The smallest absolute Gasteiger partial charge is 0.193 e. The zero-order valence-corrected chi connectivity index (χ0v) is 16.2. The summed E-state index contributed by atoms with van der Waals surface area (Å²) < 4.78 is 2.05. The summed E-state index contributed by atoms with van der Waals surface area (Å²) in [4.78, 5) is 12.9. The molecule has 1 aliphatic rings. The molecule has 0 saturated carbocycles. The van der Waals surface area contributed by atoms with Gasteiger partial charge in [-0.25, -0.2) is 9.98 Å². The summed E-state index contributed by atoms with van der Waals surface area (Å²) in [5, 5.41) is 8.82. The minimum atomic E-state index is 0.604. The van der Waals surface area contributed by atoms with Crippen LogP contribution in [0.1, 0.15) is 45.2 Å². The number of thiazole rings is 1. The van der Waals surface area contributed by atoms with Crippen molar-refractivity contribution in [1.82, 2.24) is 24.9 Å². The Hall–Kier alpha value is -1.60. The lowest BCUT2D eigenvalue weighted by atomic mass is 10.0. The third-order valence-electron chi connectivity index (χ3n) is 4.74. The fourth-order valence-corrected chi connectivity index (χ4v) is 4.05. The van der Waals surface area contributed by atoms with E-state index in [0.29, 0.717) is 6.54 Å². The fourth-order valence-electron chi connectivity index (χ4n) is 3.33. The molecule has 2 N–H and O–H groups in total. The maximum atomic E-state index is 4.67. The van der Waals surface area contributed by atoms with Crippen molar-refractivity contribution >= 4 is 22.3 Å². The summed E-state index contributed by atoms with van der Waals surface area (Å²) >= 11 is 1.65. The molecular weight excluding hydrogens is 332 g/mol. The molecule has 1 unspecified atom stereocenters. The monoisotopic (exact) mass is 362 g/mol. The number of nitrogens with zero attached hydrogens (tertiary/aromatic N) is 4. The standard InChI is InChI=1S/C18H30N6S/c1-3-19-17(20-8-6-10-23-9-5-4-7-15(23)2)21-13-16-14-24-11-12-25-18(24)22-16/h11-12,14-15H,3-10,13H2,1-2H3,(H2,19,20,21). The van der Waals surface area contributed by atoms with Gasteiger partial charge < -0.3 is 15.5 Å². The van der Waals surface area contributed by atoms with Crippen LogP contribution in [0.15, 0.2) is 22.8 Å². The Kier molecular flexibility index (Phi) is 6.69. The Bertz CT molecular complexity index is 647. The van der Waals surface area contributed by atoms with Crippen molar-refractivity contribution in [3.05, 3.63) is 23.5 Å². The molecule has 1 aliphatic heterocycles. The average Bonchev–Trinajstić information content (AvgIpc) is 3.19. The van der Waals surface area contributed by atoms with Gasteiger partial charge in [-0.3, -0.25) is 4.40 Å². The van der Waals surface area contributed by atoms with E-state index < -0.39 is 0 Å². The highest BCUT2D eigenvalue weighted by Crippen LogP contribution is 2.16. The van der Waals surface area contributed by atoms with Crippen LogP contribution in [0.2, 0.25) is 0 Å². The van der Waals surface area contributed by atoms with Crippen molar-refractivity contribution in [3.63, 3.8) is 0 Å². The van der Waals surface area contributed by atoms with Gasteiger partial charge in [-0.15, -0.1) is 11.3 Å². The number of hydrogen-bond donors (Lipinski definition) is 2. The molecule has 1 fully saturated rings. The maximum absolute atomic E-state index is 4.67. The molecule has 1 saturated heterocycles. The zero-order chi connectivity index (χ0) is 17.5. The largest absolute Gasteiger partial charge is 0.357 e. The molecule has 6 nitrogen and oxygen atoms in total. The summed E-state index contributed by atoms with van der Waals surface area (Å²) in [5.41, 5.74) is 1.01. The average molecular weight is 363 g/mol. The van der Waals surface area contributed by atoms with Gasteiger partial charge in [-0.05, 0) is 39.7 Å². The number of fused-ring (bicyclic) bond motifs is 1. The zero-order valence-electron chi connectivity index (χ0n) is 15.4. The van der Waals surface area contributed by atoms with Gasteiger partial charge >= 0.3 is 0 Å². The first-order valence-corrected chi connectivity index (χ1v) is 10.3. The topological polar surface area (TPSA) is 57.0 Å². The SMILES string of the molecule is CCNC(=NCc1cn2ccsc2n1)NCCCN1CCCCC1C. The molecular formula is C18H30N6S. The van der Waals surface area contributed by atoms with Crippen LogP contribution in [0.25, 0.3) is 4.96 Å². The van der Waals surface area contributed by atoms with Crippen LogP contribution in [0.3, 0.4) is 0 Å². The summed E-state index contributed by atoms with van der Waals surface area (Å²) in [6.45, 7) is 9.30. The predicted octanol–water partition coefficient (Wildman–Crippen LogP) is 2.72. The van der Waals surface area contributed by atoms with E-state index >= 15 is 0 Å². The second-order valence-corrected chi connectivity index (χ2v) is 7.55. The number of aromatic nitrogens is 2. The van der Waals surface area contributed by atoms with Crippen molar-refractivity contribution < 1.29 is 0 Å². The molecule has 0 bridgehead atoms. The van der Waals surface area contributed by atoms with Crippen LogP contribution in [0.4, 0.5) is 0 Å². The highest BCUT2D eigenvalue weighted by Gasteiger charge is 2.17. The first-order valence-electron chi connectivity index (χ1n) is 9.43. The highest BCUT2D eigenvalue weighted by molar-refractivity contribution is 7.15. The molecule has 7 heteroatoms. The molecule has 1 atom stereocenters. The summed E-state index contributed by atoms with van der Waals surface area (Å²) in [6, 6.07) is 0.741. The van der Waals surface area contributed by atoms with E-state index in [-0.39, 0.29) is 0 Å². The Morgan fingerprint density at radius 1 is 1.40 bits per heavy atom. The van der Waals surface area contributed by atoms with Gasteiger partial charge in [0.2, 0.25) is 0 Å². The van der Waals surface area contributed by atoms with Crippen LogP contribution in [0.5, 0.6) is 0 Å². The lowest BCUT2D eigenvalue weighted by Crippen LogP contribution is -2.41. The van der Waals surface area contributed by atoms with E-state index in [9.17, 15) is 0 Å². The maximum Gasteiger partial charge on any atom is 0.193 e. The fraction of sp³-hybridized carbons (Fsp3) is 0.667. The normalized spacial score (nSPS) is 19.4. The Labute approximate surface area is 154 Å². The van der Waals surface area contributed by atoms with Crippen LogP contribution in [-0.2, 0) is 6.54 Å². The quantitative estimate of drug-likeness (QED) is 0.452. The van der Waals surface area contributed by atoms with Crippen molar-refractivity contribution in [1.29, 1.82) is 0 Å². The van der Waals surface area contributed by atoms with Gasteiger partial charge in [-0.1, -0.05) is 6.42 Å². The second-order valence-electron chi connectivity index (χ2n) is 6.68. The number of likely N-dealkylation sites (tertiary alicyclic amines) is 1. The van der Waals surface area contributed by atoms with Gasteiger partial charge in [0.15, 0.2) is 10.9 Å². The second kappa shape index (κ2) is 9.20. The number of hydrogen-bond acceptors (Lipinski definition) is 4. The third-order valence-corrected chi connectivity index (χ3v) is 5.51. The van der Waals surface area contributed by atoms with Crippen molar-refractivity contribution in [2.75, 3.05) is 26.2 Å². The minimum Gasteiger partial charge on any atom is -0.357 e. The predicted molar refractivity (Wildman–Crippen MR) is 105 cm³/mol. The van der Waals surface area contributed by atoms with Crippen LogP contribution >= 0.6 is 11.3 Å². The van der Waals surface area contributed by atoms with Gasteiger partial charge in [0.05, 0.1) is 12.2 Å². The number of rotatable bonds is 7. The molecule has 0 aromatic carbocycles. The Balaban J connectivity index is 1.44. The van der Waals surface area contributed by atoms with Crippen molar-refractivity contribution in [2.24, 2.45) is 4.99 Å². The van der Waals surface area contributed by atoms with Crippen LogP contribution < -0.4 is 10.6 Å². The summed E-state index contributed by atoms with van der Waals surface area (Å²) in [7, 11) is 0. The molecule has 3 rings (SSSR count). The Morgan fingerprint density at radius 2 is 2.32 bits per heavy atom. The van der Waals surface area contributed by atoms with Gasteiger partial charge in [0.25, 0.3) is 0 Å². The van der Waals surface area contributed by atoms with Crippen molar-refractivity contribution in [3.8, 4) is 0 Å². The molecule has 0 spiro atoms. The van der Waals surface area contributed by atoms with E-state index in [4.69, 9.17) is 0 Å². The lowest BCUT2D eigenvalue weighted by molar-refractivity contribution is 0.159. The molecule has 0 aliphatic carbocycles. The first-order chi connectivity index (χ1) is 12.3. The summed E-state index contributed by atoms with van der Waals surface area (Å²) in [6.07, 6.45) is 9.32. The van der Waals surface area contributed by atoms with Gasteiger partial charge in [0.1, 0.15) is 0 Å². The lowest BCUT2D eigenvalue weighted by Gasteiger charge is -2.33. The minimum absolute atomic E-state index is 0.604. The first kappa shape index (κ1) is 18.2. The molecule has 2 aromatic heterocycles. The van der Waals surface area contributed by atoms with E-state index in [1.807, 2.05) is 11.6 Å². The van der Waals surface area contributed by atoms with Gasteiger partial charge in [-0.2, -0.15) is 0 Å². The van der Waals surface area contributed by atoms with Gasteiger partial charge in [0, 0.05) is 43.4 Å². The Morgan fingerprint density at radius 3 is 3.12 bits per heavy atom. The molecule has 3 heterocycles. The number of piperidine rings is 1. The van der Waals surface area contributed by atoms with Crippen molar-refractivity contribution in [2.45, 2.75) is 52.1 Å². The molecule has 0 amide bonds. The highest BCUT2D eigenvalue weighted by atomic mass is 32.1. The number of aliphatic imine (C=N–C) groups is 1. The number of guanidine groups is 1. The van der Waals surface area contributed by atoms with E-state index in [1.54, 1.807) is 11.3 Å². The van der Waals surface area contributed by atoms with Crippen LogP contribution in [0, 0.1) is 0 Å².